The Morgan fingerprint density at radius 2 is 1.75 bits per heavy atom. The highest BCUT2D eigenvalue weighted by Crippen LogP contribution is 2.21. The number of aryl methyl sites for hydroxylation is 1. The molecule has 2 aromatic rings. The maximum Gasteiger partial charge on any atom is 0.317 e. The molecule has 0 spiro atoms. The lowest BCUT2D eigenvalue weighted by molar-refractivity contribution is -0.137. The van der Waals surface area contributed by atoms with E-state index >= 15 is 0 Å². The number of nitrogens with zero attached hydrogens (tertiary/aromatic N) is 1. The van der Waals surface area contributed by atoms with Crippen LogP contribution in [0.5, 0.6) is 0 Å². The number of urea groups is 1. The largest absolute Gasteiger partial charge is 0.481 e. The second-order valence-electron chi connectivity index (χ2n) is 5.79. The van der Waals surface area contributed by atoms with Crippen molar-refractivity contribution >= 4 is 12.0 Å². The standard InChI is InChI=1S/C19H22N2O3/c1-14-5-3-7-16(11-14)17-8-4-6-15(12-17)13-20-19(24)21(2)10-9-18(22)23/h3-8,11-12H,9-10,13H2,1-2H3,(H,20,24)(H,22,23). The van der Waals surface area contributed by atoms with Gasteiger partial charge in [0.15, 0.2) is 0 Å². The number of hydrogen-bond donors (Lipinski definition) is 2. The first-order valence-electron chi connectivity index (χ1n) is 7.82. The van der Waals surface area contributed by atoms with Crippen LogP contribution in [0.15, 0.2) is 48.5 Å². The first kappa shape index (κ1) is 17.5. The Labute approximate surface area is 141 Å². The highest BCUT2D eigenvalue weighted by Gasteiger charge is 2.09. The molecule has 24 heavy (non-hydrogen) atoms. The van der Waals surface area contributed by atoms with E-state index in [4.69, 9.17) is 5.11 Å². The van der Waals surface area contributed by atoms with Gasteiger partial charge in [0.1, 0.15) is 0 Å². The smallest absolute Gasteiger partial charge is 0.317 e. The summed E-state index contributed by atoms with van der Waals surface area (Å²) in [6, 6.07) is 16.0. The number of carbonyl (C=O) groups is 2. The molecule has 0 aromatic heterocycles. The number of carboxylic acid groups (broad SMARTS) is 1. The quantitative estimate of drug-likeness (QED) is 0.856. The number of nitrogens with one attached hydrogen (secondary N) is 1. The first-order chi connectivity index (χ1) is 11.5. The summed E-state index contributed by atoms with van der Waals surface area (Å²) >= 11 is 0. The second kappa shape index (κ2) is 8.15. The number of carbonyl (C=O) groups excluding carboxylic acids is 1. The molecule has 0 unspecified atom stereocenters. The van der Waals surface area contributed by atoms with Crippen LogP contribution in [-0.2, 0) is 11.3 Å². The number of hydrogen-bond acceptors (Lipinski definition) is 2. The van der Waals surface area contributed by atoms with E-state index in [1.54, 1.807) is 7.05 Å². The Morgan fingerprint density at radius 1 is 1.08 bits per heavy atom. The van der Waals surface area contributed by atoms with E-state index in [1.807, 2.05) is 30.3 Å². The van der Waals surface area contributed by atoms with E-state index in [-0.39, 0.29) is 19.0 Å². The van der Waals surface area contributed by atoms with Crippen LogP contribution in [0.4, 0.5) is 4.79 Å². The summed E-state index contributed by atoms with van der Waals surface area (Å²) in [6.45, 7) is 2.64. The third-order valence-corrected chi connectivity index (χ3v) is 3.73. The van der Waals surface area contributed by atoms with Gasteiger partial charge >= 0.3 is 12.0 Å². The maximum atomic E-state index is 12.0. The highest BCUT2D eigenvalue weighted by molar-refractivity contribution is 5.75. The number of rotatable bonds is 6. The molecule has 5 nitrogen and oxygen atoms in total. The fourth-order valence-corrected chi connectivity index (χ4v) is 2.36. The van der Waals surface area contributed by atoms with Crippen molar-refractivity contribution in [3.63, 3.8) is 0 Å². The van der Waals surface area contributed by atoms with Gasteiger partial charge in [-0.15, -0.1) is 0 Å². The van der Waals surface area contributed by atoms with Gasteiger partial charge in [-0.1, -0.05) is 48.0 Å². The van der Waals surface area contributed by atoms with Gasteiger partial charge in [-0.05, 0) is 29.7 Å². The third-order valence-electron chi connectivity index (χ3n) is 3.73. The molecule has 5 heteroatoms. The molecule has 0 atom stereocenters. The third kappa shape index (κ3) is 5.12. The molecule has 0 heterocycles. The Bertz CT molecular complexity index is 728. The summed E-state index contributed by atoms with van der Waals surface area (Å²) in [5, 5.41) is 11.5. The zero-order chi connectivity index (χ0) is 17.5. The van der Waals surface area contributed by atoms with Gasteiger partial charge in [0, 0.05) is 20.1 Å². The Hall–Kier alpha value is -2.82. The molecule has 0 aliphatic rings. The van der Waals surface area contributed by atoms with Crippen LogP contribution in [0.2, 0.25) is 0 Å². The number of carboxylic acids is 1. The topological polar surface area (TPSA) is 69.6 Å². The zero-order valence-corrected chi connectivity index (χ0v) is 14.0. The molecular formula is C19H22N2O3. The van der Waals surface area contributed by atoms with Gasteiger partial charge < -0.3 is 15.3 Å². The van der Waals surface area contributed by atoms with Crippen LogP contribution in [-0.4, -0.2) is 35.6 Å². The van der Waals surface area contributed by atoms with Gasteiger partial charge in [0.2, 0.25) is 0 Å². The Morgan fingerprint density at radius 3 is 2.42 bits per heavy atom. The maximum absolute atomic E-state index is 12.0. The molecule has 0 saturated heterocycles. The summed E-state index contributed by atoms with van der Waals surface area (Å²) in [4.78, 5) is 23.9. The van der Waals surface area contributed by atoms with Crippen LogP contribution in [0.1, 0.15) is 17.5 Å². The van der Waals surface area contributed by atoms with Crippen molar-refractivity contribution in [1.29, 1.82) is 0 Å². The van der Waals surface area contributed by atoms with E-state index in [1.165, 1.54) is 10.5 Å². The van der Waals surface area contributed by atoms with Crippen molar-refractivity contribution in [2.75, 3.05) is 13.6 Å². The number of amides is 2. The Kier molecular flexibility index (Phi) is 5.95. The summed E-state index contributed by atoms with van der Waals surface area (Å²) in [6.07, 6.45) is -0.0627. The first-order valence-corrected chi connectivity index (χ1v) is 7.82. The molecule has 0 saturated carbocycles. The van der Waals surface area contributed by atoms with Crippen LogP contribution >= 0.6 is 0 Å². The van der Waals surface area contributed by atoms with E-state index in [0.29, 0.717) is 6.54 Å². The van der Waals surface area contributed by atoms with Crippen LogP contribution < -0.4 is 5.32 Å². The highest BCUT2D eigenvalue weighted by atomic mass is 16.4. The molecule has 2 N–H and O–H groups in total. The molecule has 2 amide bonds. The fourth-order valence-electron chi connectivity index (χ4n) is 2.36. The van der Waals surface area contributed by atoms with Crippen LogP contribution in [0, 0.1) is 6.92 Å². The number of benzene rings is 2. The van der Waals surface area contributed by atoms with Crippen LogP contribution in [0.3, 0.4) is 0 Å². The van der Waals surface area contributed by atoms with Crippen molar-refractivity contribution in [3.05, 3.63) is 59.7 Å². The molecule has 126 valence electrons. The summed E-state index contributed by atoms with van der Waals surface area (Å²) < 4.78 is 0. The lowest BCUT2D eigenvalue weighted by Crippen LogP contribution is -2.37. The summed E-state index contributed by atoms with van der Waals surface area (Å²) in [5.41, 5.74) is 4.44. The van der Waals surface area contributed by atoms with Crippen molar-refractivity contribution in [2.24, 2.45) is 0 Å². The molecule has 0 fully saturated rings. The predicted molar refractivity (Wildman–Crippen MR) is 93.7 cm³/mol. The van der Waals surface area contributed by atoms with Crippen LogP contribution in [0.25, 0.3) is 11.1 Å². The SMILES string of the molecule is Cc1cccc(-c2cccc(CNC(=O)N(C)CCC(=O)O)c2)c1. The molecule has 0 radical (unpaired) electrons. The molecule has 0 aliphatic carbocycles. The van der Waals surface area contributed by atoms with E-state index in [9.17, 15) is 9.59 Å². The molecule has 2 aromatic carbocycles. The zero-order valence-electron chi connectivity index (χ0n) is 14.0. The molecular weight excluding hydrogens is 304 g/mol. The summed E-state index contributed by atoms with van der Waals surface area (Å²) in [7, 11) is 1.58. The minimum Gasteiger partial charge on any atom is -0.481 e. The average molecular weight is 326 g/mol. The van der Waals surface area contributed by atoms with Crippen molar-refractivity contribution in [2.45, 2.75) is 19.9 Å². The molecule has 2 rings (SSSR count). The second-order valence-corrected chi connectivity index (χ2v) is 5.79. The lowest BCUT2D eigenvalue weighted by Gasteiger charge is -2.17. The predicted octanol–water partition coefficient (Wildman–Crippen LogP) is 3.28. The van der Waals surface area contributed by atoms with E-state index in [0.717, 1.165) is 16.7 Å². The molecule has 0 bridgehead atoms. The van der Waals surface area contributed by atoms with Gasteiger partial charge in [0.05, 0.1) is 6.42 Å². The minimum absolute atomic E-state index is 0.0627. The minimum atomic E-state index is -0.916. The monoisotopic (exact) mass is 326 g/mol. The van der Waals surface area contributed by atoms with Gasteiger partial charge in [-0.25, -0.2) is 4.79 Å². The van der Waals surface area contributed by atoms with Gasteiger partial charge in [-0.3, -0.25) is 4.79 Å². The molecule has 0 aliphatic heterocycles. The van der Waals surface area contributed by atoms with Crippen molar-refractivity contribution < 1.29 is 14.7 Å². The fraction of sp³-hybridized carbons (Fsp3) is 0.263. The normalized spacial score (nSPS) is 10.2. The van der Waals surface area contributed by atoms with Crippen molar-refractivity contribution in [3.8, 4) is 11.1 Å². The van der Waals surface area contributed by atoms with E-state index in [2.05, 4.69) is 30.4 Å². The Balaban J connectivity index is 1.97. The number of aliphatic carboxylic acids is 1. The average Bonchev–Trinajstić information content (AvgIpc) is 2.57. The van der Waals surface area contributed by atoms with E-state index < -0.39 is 5.97 Å². The lowest BCUT2D eigenvalue weighted by atomic mass is 10.0. The van der Waals surface area contributed by atoms with Gasteiger partial charge in [-0.2, -0.15) is 0 Å². The van der Waals surface area contributed by atoms with Gasteiger partial charge in [0.25, 0.3) is 0 Å². The van der Waals surface area contributed by atoms with Crippen molar-refractivity contribution in [1.82, 2.24) is 10.2 Å². The summed E-state index contributed by atoms with van der Waals surface area (Å²) in [5.74, 6) is -0.916.